The van der Waals surface area contributed by atoms with Gasteiger partial charge in [-0.25, -0.2) is 0 Å². The predicted octanol–water partition coefficient (Wildman–Crippen LogP) is 2.82. The molecule has 6 nitrogen and oxygen atoms in total. The smallest absolute Gasteiger partial charge is 0.193 e. The van der Waals surface area contributed by atoms with Crippen molar-refractivity contribution in [1.29, 1.82) is 0 Å². The van der Waals surface area contributed by atoms with Crippen LogP contribution in [0.3, 0.4) is 0 Å². The van der Waals surface area contributed by atoms with E-state index in [1.54, 1.807) is 11.3 Å². The molecule has 1 aromatic rings. The van der Waals surface area contributed by atoms with Gasteiger partial charge in [-0.3, -0.25) is 14.8 Å². The summed E-state index contributed by atoms with van der Waals surface area (Å²) in [4.78, 5) is 13.2. The molecular formula is C19H33ClIN5OS. The Morgan fingerprint density at radius 3 is 2.68 bits per heavy atom. The van der Waals surface area contributed by atoms with Crippen molar-refractivity contribution in [2.75, 3.05) is 59.5 Å². The van der Waals surface area contributed by atoms with Crippen molar-refractivity contribution in [3.63, 3.8) is 0 Å². The van der Waals surface area contributed by atoms with Gasteiger partial charge in [0.2, 0.25) is 0 Å². The van der Waals surface area contributed by atoms with Gasteiger partial charge in [0.15, 0.2) is 5.96 Å². The van der Waals surface area contributed by atoms with E-state index in [0.29, 0.717) is 12.1 Å². The number of morpholine rings is 1. The van der Waals surface area contributed by atoms with Crippen molar-refractivity contribution in [1.82, 2.24) is 20.0 Å². The number of hydrogen-bond acceptors (Lipinski definition) is 5. The maximum Gasteiger partial charge on any atom is 0.193 e. The highest BCUT2D eigenvalue weighted by Gasteiger charge is 2.25. The second kappa shape index (κ2) is 11.9. The molecule has 0 amide bonds. The highest BCUT2D eigenvalue weighted by atomic mass is 127. The quantitative estimate of drug-likeness (QED) is 0.353. The molecule has 3 rings (SSSR count). The summed E-state index contributed by atoms with van der Waals surface area (Å²) in [6, 6.07) is 5.06. The molecule has 0 aromatic carbocycles. The molecule has 9 heteroatoms. The summed E-state index contributed by atoms with van der Waals surface area (Å²) < 4.78 is 6.42. The number of aliphatic imine (C=N–C) groups is 1. The summed E-state index contributed by atoms with van der Waals surface area (Å²) in [7, 11) is 1.88. The fraction of sp³-hybridized carbons (Fsp3) is 0.737. The zero-order valence-electron chi connectivity index (χ0n) is 17.1. The number of thiophene rings is 1. The number of rotatable bonds is 5. The number of nitrogens with zero attached hydrogens (tertiary/aromatic N) is 4. The fourth-order valence-electron chi connectivity index (χ4n) is 3.86. The van der Waals surface area contributed by atoms with Crippen molar-refractivity contribution in [2.24, 2.45) is 4.99 Å². The average Bonchev–Trinajstić information content (AvgIpc) is 3.08. The van der Waals surface area contributed by atoms with E-state index >= 15 is 0 Å². The summed E-state index contributed by atoms with van der Waals surface area (Å²) in [6.45, 7) is 13.2. The minimum atomic E-state index is 0. The van der Waals surface area contributed by atoms with Crippen LogP contribution in [0.1, 0.15) is 18.7 Å². The van der Waals surface area contributed by atoms with E-state index in [1.807, 2.05) is 13.1 Å². The van der Waals surface area contributed by atoms with Gasteiger partial charge in [0.25, 0.3) is 0 Å². The highest BCUT2D eigenvalue weighted by Crippen LogP contribution is 2.23. The lowest BCUT2D eigenvalue weighted by atomic mass is 10.2. The van der Waals surface area contributed by atoms with E-state index in [0.717, 1.165) is 69.3 Å². The summed E-state index contributed by atoms with van der Waals surface area (Å²) in [5, 5.41) is 3.58. The third-order valence-electron chi connectivity index (χ3n) is 5.43. The molecule has 2 unspecified atom stereocenters. The van der Waals surface area contributed by atoms with Crippen molar-refractivity contribution in [3.8, 4) is 0 Å². The van der Waals surface area contributed by atoms with E-state index in [-0.39, 0.29) is 24.0 Å². The lowest BCUT2D eigenvalue weighted by Crippen LogP contribution is -2.55. The molecule has 160 valence electrons. The molecule has 0 saturated carbocycles. The molecule has 1 N–H and O–H groups in total. The monoisotopic (exact) mass is 541 g/mol. The minimum absolute atomic E-state index is 0. The van der Waals surface area contributed by atoms with E-state index in [4.69, 9.17) is 16.3 Å². The Kier molecular flexibility index (Phi) is 10.3. The number of piperazine rings is 1. The lowest BCUT2D eigenvalue weighted by Gasteiger charge is -2.39. The molecule has 2 aliphatic rings. The van der Waals surface area contributed by atoms with E-state index in [9.17, 15) is 0 Å². The standard InChI is InChI=1S/C19H32ClN5OS.HI/c1-15(25-10-11-26-14-16(25)2)12-22-19(21-3)24-8-6-23(7-9-24)13-17-4-5-18(20)27-17;/h4-5,15-16H,6-14H2,1-3H3,(H,21,22);1H. The Bertz CT molecular complexity index is 623. The topological polar surface area (TPSA) is 43.3 Å². The Morgan fingerprint density at radius 2 is 2.07 bits per heavy atom. The van der Waals surface area contributed by atoms with E-state index in [1.165, 1.54) is 4.88 Å². The van der Waals surface area contributed by atoms with Crippen molar-refractivity contribution in [3.05, 3.63) is 21.3 Å². The second-order valence-corrected chi connectivity index (χ2v) is 9.21. The molecule has 3 heterocycles. The van der Waals surface area contributed by atoms with Gasteiger partial charge in [-0.15, -0.1) is 35.3 Å². The van der Waals surface area contributed by atoms with Crippen LogP contribution in [0.15, 0.2) is 17.1 Å². The van der Waals surface area contributed by atoms with Crippen LogP contribution in [-0.2, 0) is 11.3 Å². The van der Waals surface area contributed by atoms with Gasteiger partial charge in [-0.2, -0.15) is 0 Å². The fourth-order valence-corrected chi connectivity index (χ4v) is 4.99. The first-order valence-electron chi connectivity index (χ1n) is 9.82. The molecule has 2 fully saturated rings. The maximum atomic E-state index is 6.04. The minimum Gasteiger partial charge on any atom is -0.379 e. The molecule has 0 bridgehead atoms. The molecule has 0 aliphatic carbocycles. The Labute approximate surface area is 195 Å². The molecule has 2 atom stereocenters. The second-order valence-electron chi connectivity index (χ2n) is 7.41. The Balaban J connectivity index is 0.00000280. The number of nitrogens with one attached hydrogen (secondary N) is 1. The third kappa shape index (κ3) is 6.70. The highest BCUT2D eigenvalue weighted by molar-refractivity contribution is 14.0. The van der Waals surface area contributed by atoms with Crippen LogP contribution in [0, 0.1) is 0 Å². The molecule has 1 aromatic heterocycles. The van der Waals surface area contributed by atoms with Gasteiger partial charge in [-0.1, -0.05) is 11.6 Å². The Morgan fingerprint density at radius 1 is 1.32 bits per heavy atom. The first-order chi connectivity index (χ1) is 13.1. The third-order valence-corrected chi connectivity index (χ3v) is 6.65. The predicted molar refractivity (Wildman–Crippen MR) is 129 cm³/mol. The Hall–Kier alpha value is -0.130. The number of hydrogen-bond donors (Lipinski definition) is 1. The lowest BCUT2D eigenvalue weighted by molar-refractivity contribution is -0.0175. The molecule has 28 heavy (non-hydrogen) atoms. The van der Waals surface area contributed by atoms with Crippen molar-refractivity contribution >= 4 is 52.9 Å². The SMILES string of the molecule is CN=C(NCC(C)N1CCOCC1C)N1CCN(Cc2ccc(Cl)s2)CC1.I. The number of guanidine groups is 1. The van der Waals surface area contributed by atoms with E-state index < -0.39 is 0 Å². The maximum absolute atomic E-state index is 6.04. The van der Waals surface area contributed by atoms with Crippen LogP contribution < -0.4 is 5.32 Å². The summed E-state index contributed by atoms with van der Waals surface area (Å²) >= 11 is 7.72. The van der Waals surface area contributed by atoms with Crippen molar-refractivity contribution in [2.45, 2.75) is 32.5 Å². The molecule has 0 radical (unpaired) electrons. The zero-order chi connectivity index (χ0) is 19.2. The van der Waals surface area contributed by atoms with E-state index in [2.05, 4.69) is 44.9 Å². The van der Waals surface area contributed by atoms with Crippen molar-refractivity contribution < 1.29 is 4.74 Å². The van der Waals surface area contributed by atoms with Gasteiger partial charge in [0, 0.05) is 69.8 Å². The zero-order valence-corrected chi connectivity index (χ0v) is 21.0. The van der Waals surface area contributed by atoms with Crippen LogP contribution >= 0.6 is 46.9 Å². The van der Waals surface area contributed by atoms with Gasteiger partial charge in [0.1, 0.15) is 0 Å². The van der Waals surface area contributed by atoms with Gasteiger partial charge < -0.3 is 15.0 Å². The summed E-state index contributed by atoms with van der Waals surface area (Å²) in [6.07, 6.45) is 0. The van der Waals surface area contributed by atoms with Crippen LogP contribution in [0.4, 0.5) is 0 Å². The first kappa shape index (κ1) is 24.1. The first-order valence-corrected chi connectivity index (χ1v) is 11.0. The largest absolute Gasteiger partial charge is 0.379 e. The van der Waals surface area contributed by atoms with Gasteiger partial charge in [0.05, 0.1) is 17.6 Å². The molecule has 0 spiro atoms. The molecule has 2 saturated heterocycles. The van der Waals surface area contributed by atoms with Crippen LogP contribution in [-0.4, -0.2) is 92.3 Å². The normalized spacial score (nSPS) is 23.4. The van der Waals surface area contributed by atoms with Crippen LogP contribution in [0.2, 0.25) is 4.34 Å². The number of halogens is 2. The summed E-state index contributed by atoms with van der Waals surface area (Å²) in [5.41, 5.74) is 0. The average molecular weight is 542 g/mol. The van der Waals surface area contributed by atoms with Crippen LogP contribution in [0.25, 0.3) is 0 Å². The van der Waals surface area contributed by atoms with Gasteiger partial charge in [-0.05, 0) is 26.0 Å². The summed E-state index contributed by atoms with van der Waals surface area (Å²) in [5.74, 6) is 1.02. The van der Waals surface area contributed by atoms with Crippen LogP contribution in [0.5, 0.6) is 0 Å². The molecular weight excluding hydrogens is 509 g/mol. The number of ether oxygens (including phenoxy) is 1. The van der Waals surface area contributed by atoms with Gasteiger partial charge >= 0.3 is 0 Å². The molecule has 2 aliphatic heterocycles.